The molecule has 7 heteroatoms. The first kappa shape index (κ1) is 23.0. The molecule has 2 aromatic rings. The van der Waals surface area contributed by atoms with E-state index in [9.17, 15) is 4.79 Å². The van der Waals surface area contributed by atoms with Crippen molar-refractivity contribution in [3.63, 3.8) is 0 Å². The fourth-order valence-corrected chi connectivity index (χ4v) is 4.19. The molecule has 1 amide bonds. The van der Waals surface area contributed by atoms with Gasteiger partial charge in [-0.15, -0.1) is 6.58 Å². The molecule has 0 spiro atoms. The van der Waals surface area contributed by atoms with E-state index in [0.29, 0.717) is 46.2 Å². The highest BCUT2D eigenvalue weighted by Gasteiger charge is 2.29. The van der Waals surface area contributed by atoms with Crippen molar-refractivity contribution in [3.05, 3.63) is 75.7 Å². The molecule has 0 aliphatic carbocycles. The maximum absolute atomic E-state index is 12.5. The first-order chi connectivity index (χ1) is 15.0. The Hall–Kier alpha value is -2.70. The normalized spacial score (nSPS) is 16.3. The number of nitrogens with zero attached hydrogens (tertiary/aromatic N) is 2. The molecule has 1 aliphatic heterocycles. The van der Waals surface area contributed by atoms with Crippen molar-refractivity contribution in [2.45, 2.75) is 20.0 Å². The molecule has 0 radical (unpaired) electrons. The van der Waals surface area contributed by atoms with Crippen LogP contribution in [0.2, 0.25) is 5.02 Å². The van der Waals surface area contributed by atoms with Gasteiger partial charge in [0.1, 0.15) is 6.61 Å². The number of carbonyl (C=O) groups excluding carboxylic acids is 1. The smallest absolute Gasteiger partial charge is 0.266 e. The molecule has 1 saturated heterocycles. The lowest BCUT2D eigenvalue weighted by Crippen LogP contribution is -2.23. The first-order valence-electron chi connectivity index (χ1n) is 9.89. The maximum atomic E-state index is 12.5. The average Bonchev–Trinajstić information content (AvgIpc) is 3.02. The molecular weight excluding hydrogens is 432 g/mol. The lowest BCUT2D eigenvalue weighted by atomic mass is 10.0. The highest BCUT2D eigenvalue weighted by atomic mass is 35.5. The molecule has 1 aliphatic rings. The summed E-state index contributed by atoms with van der Waals surface area (Å²) >= 11 is 7.33. The first-order valence-corrected chi connectivity index (χ1v) is 11.1. The molecule has 0 N–H and O–H groups in total. The predicted octanol–water partition coefficient (Wildman–Crippen LogP) is 5.58. The van der Waals surface area contributed by atoms with E-state index in [2.05, 4.69) is 11.6 Å². The van der Waals surface area contributed by atoms with Gasteiger partial charge in [-0.25, -0.2) is 0 Å². The van der Waals surface area contributed by atoms with E-state index in [-0.39, 0.29) is 5.91 Å². The molecule has 0 bridgehead atoms. The number of benzene rings is 2. The number of hydrogen-bond acceptors (Lipinski definition) is 5. The van der Waals surface area contributed by atoms with Gasteiger partial charge >= 0.3 is 0 Å². The fourth-order valence-electron chi connectivity index (χ4n) is 3.14. The second-order valence-electron chi connectivity index (χ2n) is 6.83. The number of aliphatic imine (C=N–C) groups is 1. The van der Waals surface area contributed by atoms with Crippen LogP contribution in [0, 0.1) is 0 Å². The van der Waals surface area contributed by atoms with Gasteiger partial charge in [-0.3, -0.25) is 14.7 Å². The number of amides is 1. The van der Waals surface area contributed by atoms with Crippen molar-refractivity contribution in [1.82, 2.24) is 4.90 Å². The SMILES string of the molecule is C=CCc1cc(/C=C2/SC(=NC)N(C)C2=O)cc(OCC)c1OCc1ccc(Cl)cc1. The molecule has 3 rings (SSSR count). The van der Waals surface area contributed by atoms with Gasteiger partial charge in [0.2, 0.25) is 0 Å². The summed E-state index contributed by atoms with van der Waals surface area (Å²) in [4.78, 5) is 18.8. The zero-order valence-corrected chi connectivity index (χ0v) is 19.4. The summed E-state index contributed by atoms with van der Waals surface area (Å²) in [7, 11) is 3.40. The number of thioether (sulfide) groups is 1. The van der Waals surface area contributed by atoms with Gasteiger partial charge in [-0.05, 0) is 66.6 Å². The highest BCUT2D eigenvalue weighted by Crippen LogP contribution is 2.37. The monoisotopic (exact) mass is 456 g/mol. The van der Waals surface area contributed by atoms with Crippen molar-refractivity contribution in [2.75, 3.05) is 20.7 Å². The molecule has 0 unspecified atom stereocenters. The second kappa shape index (κ2) is 10.6. The Bertz CT molecular complexity index is 1030. The summed E-state index contributed by atoms with van der Waals surface area (Å²) in [6.45, 7) is 6.68. The van der Waals surface area contributed by atoms with E-state index < -0.39 is 0 Å². The summed E-state index contributed by atoms with van der Waals surface area (Å²) in [6.07, 6.45) is 4.29. The predicted molar refractivity (Wildman–Crippen MR) is 129 cm³/mol. The van der Waals surface area contributed by atoms with Crippen LogP contribution in [0.1, 0.15) is 23.6 Å². The van der Waals surface area contributed by atoms with Crippen molar-refractivity contribution in [1.29, 1.82) is 0 Å². The van der Waals surface area contributed by atoms with Gasteiger partial charge in [0, 0.05) is 24.7 Å². The topological polar surface area (TPSA) is 51.1 Å². The molecule has 1 fully saturated rings. The molecule has 1 heterocycles. The van der Waals surface area contributed by atoms with Crippen LogP contribution >= 0.6 is 23.4 Å². The zero-order valence-electron chi connectivity index (χ0n) is 17.9. The van der Waals surface area contributed by atoms with Gasteiger partial charge in [0.05, 0.1) is 11.5 Å². The van der Waals surface area contributed by atoms with Crippen LogP contribution in [-0.2, 0) is 17.8 Å². The Labute approximate surface area is 192 Å². The highest BCUT2D eigenvalue weighted by molar-refractivity contribution is 8.18. The third kappa shape index (κ3) is 5.51. The Morgan fingerprint density at radius 2 is 1.97 bits per heavy atom. The van der Waals surface area contributed by atoms with Gasteiger partial charge in [-0.2, -0.15) is 0 Å². The summed E-state index contributed by atoms with van der Waals surface area (Å²) in [5.41, 5.74) is 2.81. The van der Waals surface area contributed by atoms with Crippen molar-refractivity contribution >= 4 is 40.5 Å². The van der Waals surface area contributed by atoms with E-state index in [4.69, 9.17) is 21.1 Å². The summed E-state index contributed by atoms with van der Waals surface area (Å²) < 4.78 is 12.1. The number of amidine groups is 1. The minimum Gasteiger partial charge on any atom is -0.490 e. The van der Waals surface area contributed by atoms with Gasteiger partial charge in [0.25, 0.3) is 5.91 Å². The van der Waals surface area contributed by atoms with Crippen LogP contribution < -0.4 is 9.47 Å². The lowest BCUT2D eigenvalue weighted by Gasteiger charge is -2.17. The number of carbonyl (C=O) groups is 1. The van der Waals surface area contributed by atoms with E-state index in [1.807, 2.05) is 55.5 Å². The number of likely N-dealkylation sites (N-methyl/N-ethyl adjacent to an activating group) is 1. The summed E-state index contributed by atoms with van der Waals surface area (Å²) in [5.74, 6) is 1.24. The van der Waals surface area contributed by atoms with Crippen molar-refractivity contribution < 1.29 is 14.3 Å². The van der Waals surface area contributed by atoms with E-state index >= 15 is 0 Å². The third-order valence-corrected chi connectivity index (χ3v) is 6.01. The van der Waals surface area contributed by atoms with Crippen molar-refractivity contribution in [2.24, 2.45) is 4.99 Å². The van der Waals surface area contributed by atoms with Crippen LogP contribution in [-0.4, -0.2) is 36.7 Å². The van der Waals surface area contributed by atoms with Gasteiger partial charge < -0.3 is 9.47 Å². The van der Waals surface area contributed by atoms with Crippen molar-refractivity contribution in [3.8, 4) is 11.5 Å². The summed E-state index contributed by atoms with van der Waals surface area (Å²) in [5, 5.41) is 1.36. The molecule has 162 valence electrons. The van der Waals surface area contributed by atoms with E-state index in [1.165, 1.54) is 11.8 Å². The molecule has 31 heavy (non-hydrogen) atoms. The second-order valence-corrected chi connectivity index (χ2v) is 8.27. The Kier molecular flexibility index (Phi) is 7.82. The van der Waals surface area contributed by atoms with Gasteiger partial charge in [-0.1, -0.05) is 29.8 Å². The zero-order chi connectivity index (χ0) is 22.4. The minimum atomic E-state index is -0.0723. The van der Waals surface area contributed by atoms with Crippen LogP contribution in [0.25, 0.3) is 6.08 Å². The number of hydrogen-bond donors (Lipinski definition) is 0. The Morgan fingerprint density at radius 1 is 1.23 bits per heavy atom. The number of ether oxygens (including phenoxy) is 2. The number of allylic oxidation sites excluding steroid dienone is 1. The molecule has 0 atom stereocenters. The molecule has 0 saturated carbocycles. The summed E-state index contributed by atoms with van der Waals surface area (Å²) in [6, 6.07) is 11.4. The van der Waals surface area contributed by atoms with Gasteiger partial charge in [0.15, 0.2) is 16.7 Å². The van der Waals surface area contributed by atoms with Crippen LogP contribution in [0.5, 0.6) is 11.5 Å². The van der Waals surface area contributed by atoms with E-state index in [1.54, 1.807) is 19.0 Å². The maximum Gasteiger partial charge on any atom is 0.266 e. The molecular formula is C24H25ClN2O3S. The average molecular weight is 457 g/mol. The van der Waals surface area contributed by atoms with E-state index in [0.717, 1.165) is 16.7 Å². The standard InChI is InChI=1S/C24H25ClN2O3S/c1-5-7-18-12-17(14-21-23(28)27(4)24(26-3)31-21)13-20(29-6-2)22(18)30-15-16-8-10-19(25)11-9-16/h5,8-14H,1,6-7,15H2,2-4H3/b21-14+,26-24?. The minimum absolute atomic E-state index is 0.0723. The number of rotatable bonds is 8. The lowest BCUT2D eigenvalue weighted by molar-refractivity contribution is -0.121. The Morgan fingerprint density at radius 3 is 2.58 bits per heavy atom. The fraction of sp³-hybridized carbons (Fsp3) is 0.250. The van der Waals surface area contributed by atoms with Crippen LogP contribution in [0.3, 0.4) is 0 Å². The molecule has 2 aromatic carbocycles. The molecule has 5 nitrogen and oxygen atoms in total. The third-order valence-electron chi connectivity index (χ3n) is 4.61. The van der Waals surface area contributed by atoms with Crippen LogP contribution in [0.4, 0.5) is 0 Å². The Balaban J connectivity index is 1.96. The van der Waals surface area contributed by atoms with Crippen LogP contribution in [0.15, 0.2) is 59.0 Å². The quantitative estimate of drug-likeness (QED) is 0.384. The number of halogens is 1. The molecule has 0 aromatic heterocycles. The largest absolute Gasteiger partial charge is 0.490 e.